The Bertz CT molecular complexity index is 1350. The van der Waals surface area contributed by atoms with E-state index in [0.29, 0.717) is 30.4 Å². The fraction of sp³-hybridized carbons (Fsp3) is 0.231. The van der Waals surface area contributed by atoms with Crippen molar-refractivity contribution in [1.29, 1.82) is 0 Å². The number of amidine groups is 1. The Hall–Kier alpha value is -4.22. The number of aromatic nitrogens is 3. The van der Waals surface area contributed by atoms with Crippen LogP contribution < -0.4 is 11.1 Å². The number of hydrogen-bond acceptors (Lipinski definition) is 7. The minimum atomic E-state index is -0.728. The Kier molecular flexibility index (Phi) is 10.4. The van der Waals surface area contributed by atoms with Crippen molar-refractivity contribution in [2.75, 3.05) is 32.1 Å². The van der Waals surface area contributed by atoms with Gasteiger partial charge in [-0.1, -0.05) is 24.2 Å². The number of nitrogens with one attached hydrogen (secondary N) is 1. The molecule has 0 atom stereocenters. The molecule has 0 amide bonds. The number of rotatable bonds is 10. The van der Waals surface area contributed by atoms with Gasteiger partial charge in [0.15, 0.2) is 11.7 Å². The lowest BCUT2D eigenvalue weighted by Crippen LogP contribution is -2.35. The summed E-state index contributed by atoms with van der Waals surface area (Å²) in [6, 6.07) is 11.1. The second-order valence-electron chi connectivity index (χ2n) is 7.97. The van der Waals surface area contributed by atoms with Gasteiger partial charge in [-0.05, 0) is 49.7 Å². The van der Waals surface area contributed by atoms with Crippen LogP contribution in [0.1, 0.15) is 18.2 Å². The number of guanidine groups is 1. The first-order chi connectivity index (χ1) is 18.3. The summed E-state index contributed by atoms with van der Waals surface area (Å²) in [5.74, 6) is -0.969. The molecule has 3 N–H and O–H groups in total. The summed E-state index contributed by atoms with van der Waals surface area (Å²) in [4.78, 5) is 10.0. The molecule has 10 nitrogen and oxygen atoms in total. The highest BCUT2D eigenvalue weighted by molar-refractivity contribution is 6.33. The molecule has 0 aliphatic heterocycles. The van der Waals surface area contributed by atoms with E-state index in [1.807, 2.05) is 50.2 Å². The molecule has 0 saturated heterocycles. The zero-order valence-electron chi connectivity index (χ0n) is 21.4. The fourth-order valence-electron chi connectivity index (χ4n) is 3.35. The highest BCUT2D eigenvalue weighted by Crippen LogP contribution is 2.30. The molecule has 0 saturated carbocycles. The lowest BCUT2D eigenvalue weighted by molar-refractivity contribution is 0.177. The van der Waals surface area contributed by atoms with Crippen LogP contribution in [-0.2, 0) is 4.74 Å². The van der Waals surface area contributed by atoms with Crippen molar-refractivity contribution < 1.29 is 9.13 Å². The normalized spacial score (nSPS) is 12.1. The first-order valence-corrected chi connectivity index (χ1v) is 12.0. The molecule has 0 aliphatic rings. The first kappa shape index (κ1) is 28.4. The lowest BCUT2D eigenvalue weighted by atomic mass is 10.1. The summed E-state index contributed by atoms with van der Waals surface area (Å²) >= 11 is 6.49. The Morgan fingerprint density at radius 3 is 2.74 bits per heavy atom. The Morgan fingerprint density at radius 1 is 1.29 bits per heavy atom. The standard InChI is InChI=1S/C26H29ClFN9O/c1-5-37(11-12-38-4)25(18(3)28)34-26(29)36-32-15-20-13-17(2)24(16-30-20)33-23-9-8-19(14-21(23)27)22-7-6-10-31-35-22/h6-10,13-16,33H,3,5,11-12H2,1-2,4H3,(H2,29,36)/b32-15+,34-25?. The van der Waals surface area contributed by atoms with Gasteiger partial charge < -0.3 is 20.7 Å². The highest BCUT2D eigenvalue weighted by atomic mass is 35.5. The summed E-state index contributed by atoms with van der Waals surface area (Å²) in [7, 11) is 1.56. The summed E-state index contributed by atoms with van der Waals surface area (Å²) in [5, 5.41) is 19.6. The van der Waals surface area contributed by atoms with Crippen LogP contribution in [0.2, 0.25) is 5.02 Å². The van der Waals surface area contributed by atoms with E-state index in [1.54, 1.807) is 24.4 Å². The van der Waals surface area contributed by atoms with Crippen LogP contribution in [0.4, 0.5) is 15.8 Å². The zero-order valence-corrected chi connectivity index (χ0v) is 22.2. The SMILES string of the molecule is C=C(F)C(=NC(N)=N/N=C/c1cc(C)c(Nc2ccc(-c3cccnn3)cc2Cl)cn1)N(CC)CCOC. The van der Waals surface area contributed by atoms with Crippen molar-refractivity contribution in [1.82, 2.24) is 20.1 Å². The van der Waals surface area contributed by atoms with Crippen molar-refractivity contribution in [3.63, 3.8) is 0 Å². The van der Waals surface area contributed by atoms with E-state index in [2.05, 4.69) is 42.3 Å². The van der Waals surface area contributed by atoms with Crippen LogP contribution in [0.3, 0.4) is 0 Å². The summed E-state index contributed by atoms with van der Waals surface area (Å²) in [5.41, 5.74) is 10.4. The Balaban J connectivity index is 1.70. The van der Waals surface area contributed by atoms with Crippen molar-refractivity contribution in [2.24, 2.45) is 20.9 Å². The molecule has 38 heavy (non-hydrogen) atoms. The third kappa shape index (κ3) is 7.89. The number of hydrogen-bond donors (Lipinski definition) is 2. The number of ether oxygens (including phenoxy) is 1. The van der Waals surface area contributed by atoms with Gasteiger partial charge in [-0.3, -0.25) is 4.98 Å². The maximum Gasteiger partial charge on any atom is 0.242 e. The van der Waals surface area contributed by atoms with E-state index in [0.717, 1.165) is 28.2 Å². The Labute approximate surface area is 225 Å². The summed E-state index contributed by atoms with van der Waals surface area (Å²) < 4.78 is 19.0. The fourth-order valence-corrected chi connectivity index (χ4v) is 3.58. The molecule has 0 unspecified atom stereocenters. The van der Waals surface area contributed by atoms with Crippen LogP contribution in [0, 0.1) is 6.92 Å². The molecule has 2 aromatic heterocycles. The third-order valence-electron chi connectivity index (χ3n) is 5.30. The molecule has 3 rings (SSSR count). The number of pyridine rings is 1. The van der Waals surface area contributed by atoms with Gasteiger partial charge in [-0.25, -0.2) is 4.39 Å². The van der Waals surface area contributed by atoms with E-state index in [9.17, 15) is 4.39 Å². The van der Waals surface area contributed by atoms with Gasteiger partial charge >= 0.3 is 0 Å². The van der Waals surface area contributed by atoms with Gasteiger partial charge in [0.2, 0.25) is 5.96 Å². The number of likely N-dealkylation sites (N-methyl/N-ethyl adjacent to an activating group) is 1. The molecular formula is C26H29ClFN9O. The van der Waals surface area contributed by atoms with E-state index in [-0.39, 0.29) is 11.8 Å². The molecule has 0 spiro atoms. The largest absolute Gasteiger partial charge is 0.383 e. The van der Waals surface area contributed by atoms with E-state index in [4.69, 9.17) is 22.1 Å². The maximum atomic E-state index is 14.0. The number of nitrogens with zero attached hydrogens (tertiary/aromatic N) is 7. The minimum absolute atomic E-state index is 0.0196. The molecule has 198 valence electrons. The minimum Gasteiger partial charge on any atom is -0.383 e. The second kappa shape index (κ2) is 13.9. The average molecular weight is 538 g/mol. The van der Waals surface area contributed by atoms with Gasteiger partial charge in [-0.15, -0.1) is 5.10 Å². The summed E-state index contributed by atoms with van der Waals surface area (Å²) in [6.45, 7) is 8.41. The second-order valence-corrected chi connectivity index (χ2v) is 8.38. The molecule has 0 bridgehead atoms. The Morgan fingerprint density at radius 2 is 2.11 bits per heavy atom. The van der Waals surface area contributed by atoms with Gasteiger partial charge in [0.1, 0.15) is 0 Å². The number of aryl methyl sites for hydroxylation is 1. The van der Waals surface area contributed by atoms with E-state index in [1.165, 1.54) is 6.21 Å². The number of benzene rings is 1. The van der Waals surface area contributed by atoms with Crippen LogP contribution >= 0.6 is 11.6 Å². The van der Waals surface area contributed by atoms with Gasteiger partial charge in [0.05, 0.1) is 46.8 Å². The van der Waals surface area contributed by atoms with Crippen molar-refractivity contribution in [3.8, 4) is 11.3 Å². The number of methoxy groups -OCH3 is 1. The molecule has 2 heterocycles. The zero-order chi connectivity index (χ0) is 27.5. The third-order valence-corrected chi connectivity index (χ3v) is 5.61. The van der Waals surface area contributed by atoms with Gasteiger partial charge in [0, 0.05) is 32.0 Å². The predicted molar refractivity (Wildman–Crippen MR) is 151 cm³/mol. The maximum absolute atomic E-state index is 14.0. The van der Waals surface area contributed by atoms with Gasteiger partial charge in [0.25, 0.3) is 0 Å². The highest BCUT2D eigenvalue weighted by Gasteiger charge is 2.14. The molecule has 0 aliphatic carbocycles. The first-order valence-electron chi connectivity index (χ1n) is 11.7. The molecule has 0 fully saturated rings. The summed E-state index contributed by atoms with van der Waals surface area (Å²) in [6.07, 6.45) is 4.70. The quantitative estimate of drug-likeness (QED) is 0.217. The van der Waals surface area contributed by atoms with Crippen LogP contribution in [0.5, 0.6) is 0 Å². The van der Waals surface area contributed by atoms with E-state index >= 15 is 0 Å². The van der Waals surface area contributed by atoms with Crippen molar-refractivity contribution in [2.45, 2.75) is 13.8 Å². The lowest BCUT2D eigenvalue weighted by Gasteiger charge is -2.22. The number of nitrogens with two attached hydrogens (primary N) is 1. The predicted octanol–water partition coefficient (Wildman–Crippen LogP) is 4.74. The topological polar surface area (TPSA) is 126 Å². The van der Waals surface area contributed by atoms with Crippen molar-refractivity contribution >= 4 is 41.0 Å². The number of anilines is 2. The molecule has 12 heteroatoms. The number of halogens is 2. The van der Waals surface area contributed by atoms with Crippen molar-refractivity contribution in [3.05, 3.63) is 77.5 Å². The molecule has 1 aromatic carbocycles. The molecule has 0 radical (unpaired) electrons. The van der Waals surface area contributed by atoms with Crippen LogP contribution in [0.15, 0.2) is 76.4 Å². The number of aliphatic imine (C=N–C) groups is 1. The monoisotopic (exact) mass is 537 g/mol. The molecular weight excluding hydrogens is 509 g/mol. The van der Waals surface area contributed by atoms with E-state index < -0.39 is 5.83 Å². The molecule has 3 aromatic rings. The van der Waals surface area contributed by atoms with Crippen LogP contribution in [0.25, 0.3) is 11.3 Å². The van der Waals surface area contributed by atoms with Crippen LogP contribution in [-0.4, -0.2) is 64.9 Å². The smallest absolute Gasteiger partial charge is 0.242 e. The van der Waals surface area contributed by atoms with Gasteiger partial charge in [-0.2, -0.15) is 20.3 Å². The average Bonchev–Trinajstić information content (AvgIpc) is 2.91.